The second kappa shape index (κ2) is 8.89. The highest BCUT2D eigenvalue weighted by atomic mass is 35.5. The fraction of sp³-hybridized carbons (Fsp3) is 0.625. The lowest BCUT2D eigenvalue weighted by atomic mass is 10.0. The summed E-state index contributed by atoms with van der Waals surface area (Å²) in [5, 5.41) is 4.41. The molecule has 1 aromatic carbocycles. The first-order valence-corrected chi connectivity index (χ1v) is 9.62. The SMILES string of the molecule is CCCNC(CCN1CCS(=O)CC1)c1cccc(Cl)c1. The number of hydrogen-bond donors (Lipinski definition) is 1. The van der Waals surface area contributed by atoms with Gasteiger partial charge < -0.3 is 10.2 Å². The summed E-state index contributed by atoms with van der Waals surface area (Å²) in [5.41, 5.74) is 1.26. The Morgan fingerprint density at radius 2 is 2.14 bits per heavy atom. The van der Waals surface area contributed by atoms with E-state index in [0.29, 0.717) is 6.04 Å². The van der Waals surface area contributed by atoms with Crippen molar-refractivity contribution >= 4 is 22.4 Å². The van der Waals surface area contributed by atoms with E-state index in [1.165, 1.54) is 5.56 Å². The van der Waals surface area contributed by atoms with Crippen molar-refractivity contribution in [1.82, 2.24) is 10.2 Å². The number of rotatable bonds is 7. The van der Waals surface area contributed by atoms with Gasteiger partial charge in [-0.25, -0.2) is 0 Å². The average molecular weight is 329 g/mol. The summed E-state index contributed by atoms with van der Waals surface area (Å²) in [5.74, 6) is 1.65. The highest BCUT2D eigenvalue weighted by molar-refractivity contribution is 7.85. The maximum Gasteiger partial charge on any atom is 0.0409 e. The van der Waals surface area contributed by atoms with Crippen molar-refractivity contribution in [2.75, 3.05) is 37.7 Å². The molecule has 0 bridgehead atoms. The quantitative estimate of drug-likeness (QED) is 0.835. The summed E-state index contributed by atoms with van der Waals surface area (Å²) < 4.78 is 11.4. The molecule has 118 valence electrons. The van der Waals surface area contributed by atoms with E-state index in [4.69, 9.17) is 11.6 Å². The van der Waals surface area contributed by atoms with Gasteiger partial charge in [-0.1, -0.05) is 30.7 Å². The van der Waals surface area contributed by atoms with Gasteiger partial charge in [-0.3, -0.25) is 4.21 Å². The second-order valence-electron chi connectivity index (χ2n) is 5.54. The van der Waals surface area contributed by atoms with Crippen molar-refractivity contribution < 1.29 is 4.21 Å². The van der Waals surface area contributed by atoms with Crippen LogP contribution in [-0.4, -0.2) is 46.8 Å². The van der Waals surface area contributed by atoms with Crippen LogP contribution in [0.15, 0.2) is 24.3 Å². The van der Waals surface area contributed by atoms with Crippen LogP contribution in [0.3, 0.4) is 0 Å². The topological polar surface area (TPSA) is 32.3 Å². The predicted molar refractivity (Wildman–Crippen MR) is 91.4 cm³/mol. The number of benzene rings is 1. The number of hydrogen-bond acceptors (Lipinski definition) is 3. The minimum Gasteiger partial charge on any atom is -0.310 e. The van der Waals surface area contributed by atoms with Crippen LogP contribution in [0.1, 0.15) is 31.4 Å². The molecule has 1 aliphatic heterocycles. The van der Waals surface area contributed by atoms with Gasteiger partial charge >= 0.3 is 0 Å². The van der Waals surface area contributed by atoms with Gasteiger partial charge in [-0.15, -0.1) is 0 Å². The summed E-state index contributed by atoms with van der Waals surface area (Å²) in [4.78, 5) is 2.42. The van der Waals surface area contributed by atoms with Gasteiger partial charge in [0.15, 0.2) is 0 Å². The Morgan fingerprint density at radius 1 is 1.38 bits per heavy atom. The smallest absolute Gasteiger partial charge is 0.0409 e. The molecule has 3 nitrogen and oxygen atoms in total. The summed E-state index contributed by atoms with van der Waals surface area (Å²) in [6.07, 6.45) is 2.19. The summed E-state index contributed by atoms with van der Waals surface area (Å²) in [6, 6.07) is 8.48. The molecule has 1 aromatic rings. The lowest BCUT2D eigenvalue weighted by Crippen LogP contribution is -2.39. The van der Waals surface area contributed by atoms with Crippen molar-refractivity contribution in [3.05, 3.63) is 34.9 Å². The van der Waals surface area contributed by atoms with Crippen LogP contribution in [0.2, 0.25) is 5.02 Å². The van der Waals surface area contributed by atoms with Gasteiger partial charge in [0.25, 0.3) is 0 Å². The molecule has 1 N–H and O–H groups in total. The molecule has 21 heavy (non-hydrogen) atoms. The maximum absolute atomic E-state index is 11.4. The minimum absolute atomic E-state index is 0.344. The Morgan fingerprint density at radius 3 is 2.81 bits per heavy atom. The lowest BCUT2D eigenvalue weighted by Gasteiger charge is -2.28. The zero-order valence-electron chi connectivity index (χ0n) is 12.7. The Balaban J connectivity index is 1.91. The maximum atomic E-state index is 11.4. The molecular formula is C16H25ClN2OS. The first-order chi connectivity index (χ1) is 10.2. The first-order valence-electron chi connectivity index (χ1n) is 7.75. The van der Waals surface area contributed by atoms with Crippen LogP contribution in [-0.2, 0) is 10.8 Å². The Hall–Kier alpha value is -0.420. The summed E-state index contributed by atoms with van der Waals surface area (Å²) in [6.45, 7) is 6.17. The fourth-order valence-corrected chi connectivity index (χ4v) is 3.97. The molecule has 0 aromatic heterocycles. The molecule has 0 radical (unpaired) electrons. The van der Waals surface area contributed by atoms with Crippen LogP contribution in [0, 0.1) is 0 Å². The third kappa shape index (κ3) is 5.70. The molecule has 0 amide bonds. The van der Waals surface area contributed by atoms with Crippen LogP contribution in [0.5, 0.6) is 0 Å². The molecule has 2 rings (SSSR count). The second-order valence-corrected chi connectivity index (χ2v) is 7.67. The van der Waals surface area contributed by atoms with Crippen molar-refractivity contribution in [3.63, 3.8) is 0 Å². The van der Waals surface area contributed by atoms with Gasteiger partial charge in [-0.05, 0) is 37.1 Å². The average Bonchev–Trinajstić information content (AvgIpc) is 2.49. The molecule has 0 saturated carbocycles. The number of nitrogens with zero attached hydrogens (tertiary/aromatic N) is 1. The van der Waals surface area contributed by atoms with Crippen molar-refractivity contribution in [1.29, 1.82) is 0 Å². The standard InChI is InChI=1S/C16H25ClN2OS/c1-2-7-18-16(14-4-3-5-15(17)13-14)6-8-19-9-11-21(20)12-10-19/h3-5,13,16,18H,2,6-12H2,1H3. The molecule has 1 atom stereocenters. The van der Waals surface area contributed by atoms with Gasteiger partial charge in [0, 0.05) is 53.0 Å². The van der Waals surface area contributed by atoms with Crippen LogP contribution < -0.4 is 5.32 Å². The Kier molecular flexibility index (Phi) is 7.17. The van der Waals surface area contributed by atoms with Crippen LogP contribution >= 0.6 is 11.6 Å². The largest absolute Gasteiger partial charge is 0.310 e. The zero-order valence-corrected chi connectivity index (χ0v) is 14.3. The fourth-order valence-electron chi connectivity index (χ4n) is 2.64. The predicted octanol–water partition coefficient (Wildman–Crippen LogP) is 2.84. The van der Waals surface area contributed by atoms with E-state index in [0.717, 1.165) is 55.5 Å². The monoisotopic (exact) mass is 328 g/mol. The third-order valence-corrected chi connectivity index (χ3v) is 5.41. The van der Waals surface area contributed by atoms with Crippen molar-refractivity contribution in [3.8, 4) is 0 Å². The Labute approximate surface area is 135 Å². The molecule has 1 saturated heterocycles. The Bertz CT molecular complexity index is 459. The zero-order chi connectivity index (χ0) is 15.1. The lowest BCUT2D eigenvalue weighted by molar-refractivity contribution is 0.278. The van der Waals surface area contributed by atoms with Gasteiger partial charge in [0.05, 0.1) is 0 Å². The van der Waals surface area contributed by atoms with E-state index in [9.17, 15) is 4.21 Å². The highest BCUT2D eigenvalue weighted by Crippen LogP contribution is 2.21. The van der Waals surface area contributed by atoms with Gasteiger partial charge in [0.2, 0.25) is 0 Å². The summed E-state index contributed by atoms with van der Waals surface area (Å²) in [7, 11) is -0.594. The molecule has 1 heterocycles. The molecule has 0 spiro atoms. The van der Waals surface area contributed by atoms with Crippen molar-refractivity contribution in [2.45, 2.75) is 25.8 Å². The van der Waals surface area contributed by atoms with Crippen LogP contribution in [0.25, 0.3) is 0 Å². The van der Waals surface area contributed by atoms with E-state index in [2.05, 4.69) is 29.3 Å². The van der Waals surface area contributed by atoms with E-state index in [-0.39, 0.29) is 0 Å². The molecule has 1 fully saturated rings. The van der Waals surface area contributed by atoms with Crippen molar-refractivity contribution in [2.24, 2.45) is 0 Å². The molecule has 1 unspecified atom stereocenters. The van der Waals surface area contributed by atoms with E-state index in [1.807, 2.05) is 12.1 Å². The molecular weight excluding hydrogens is 304 g/mol. The highest BCUT2D eigenvalue weighted by Gasteiger charge is 2.17. The minimum atomic E-state index is -0.594. The van der Waals surface area contributed by atoms with E-state index in [1.54, 1.807) is 0 Å². The first kappa shape index (κ1) is 16.9. The summed E-state index contributed by atoms with van der Waals surface area (Å²) >= 11 is 6.12. The molecule has 1 aliphatic rings. The number of halogens is 1. The molecule has 0 aliphatic carbocycles. The number of nitrogens with one attached hydrogen (secondary N) is 1. The molecule has 5 heteroatoms. The van der Waals surface area contributed by atoms with Crippen LogP contribution in [0.4, 0.5) is 0 Å². The van der Waals surface area contributed by atoms with E-state index >= 15 is 0 Å². The third-order valence-electron chi connectivity index (χ3n) is 3.90. The van der Waals surface area contributed by atoms with E-state index < -0.39 is 10.8 Å². The van der Waals surface area contributed by atoms with Gasteiger partial charge in [0.1, 0.15) is 0 Å². The van der Waals surface area contributed by atoms with Gasteiger partial charge in [-0.2, -0.15) is 0 Å². The normalized spacial score (nSPS) is 18.8.